The summed E-state index contributed by atoms with van der Waals surface area (Å²) in [4.78, 5) is 29.2. The summed E-state index contributed by atoms with van der Waals surface area (Å²) in [5, 5.41) is 0.620. The normalized spacial score (nSPS) is 24.1. The average Bonchev–Trinajstić information content (AvgIpc) is 3.74. The van der Waals surface area contributed by atoms with Gasteiger partial charge in [-0.1, -0.05) is 61.3 Å². The predicted octanol–water partition coefficient (Wildman–Crippen LogP) is 4.73. The van der Waals surface area contributed by atoms with Crippen molar-refractivity contribution < 1.29 is 26.4 Å². The Bertz CT molecular complexity index is 1550. The van der Waals surface area contributed by atoms with Crippen LogP contribution in [0.2, 0.25) is 10.0 Å². The van der Waals surface area contributed by atoms with E-state index < -0.39 is 48.7 Å². The summed E-state index contributed by atoms with van der Waals surface area (Å²) in [6.45, 7) is 3.63. The lowest BCUT2D eigenvalue weighted by molar-refractivity contribution is -0.157. The maximum Gasteiger partial charge on any atom is 0.234 e. The smallest absolute Gasteiger partial charge is 0.234 e. The van der Waals surface area contributed by atoms with Crippen LogP contribution in [0.25, 0.3) is 0 Å². The molecule has 230 valence electrons. The van der Waals surface area contributed by atoms with Crippen molar-refractivity contribution in [3.05, 3.63) is 69.7 Å². The van der Waals surface area contributed by atoms with Gasteiger partial charge in [0.05, 0.1) is 23.0 Å². The summed E-state index contributed by atoms with van der Waals surface area (Å²) in [6, 6.07) is 13.4. The van der Waals surface area contributed by atoms with Gasteiger partial charge in [0.2, 0.25) is 31.9 Å². The molecule has 0 bridgehead atoms. The first-order chi connectivity index (χ1) is 19.6. The Morgan fingerprint density at radius 2 is 1.71 bits per heavy atom. The van der Waals surface area contributed by atoms with Gasteiger partial charge in [-0.05, 0) is 61.1 Å². The van der Waals surface area contributed by atoms with Gasteiger partial charge in [0, 0.05) is 42.0 Å². The summed E-state index contributed by atoms with van der Waals surface area (Å²) in [5.74, 6) is -1.50. The molecule has 1 saturated carbocycles. The topological polar surface area (TPSA) is 121 Å². The molecular formula is C29H37Cl2N3O6S2. The minimum atomic E-state index is -3.84. The Hall–Kier alpha value is -2.18. The monoisotopic (exact) mass is 657 g/mol. The first-order valence-corrected chi connectivity index (χ1v) is 18.0. The Morgan fingerprint density at radius 3 is 2.26 bits per heavy atom. The fourth-order valence-electron chi connectivity index (χ4n) is 5.98. The van der Waals surface area contributed by atoms with Crippen molar-refractivity contribution in [3.8, 4) is 0 Å². The Balaban J connectivity index is 1.86. The Kier molecular flexibility index (Phi) is 9.69. The lowest BCUT2D eigenvalue weighted by atomic mass is 9.67. The number of likely N-dealkylation sites (tertiary alicyclic amines) is 1. The molecule has 1 aliphatic heterocycles. The molecule has 2 amide bonds. The van der Waals surface area contributed by atoms with Crippen LogP contribution in [0.1, 0.15) is 69.0 Å². The zero-order valence-electron chi connectivity index (χ0n) is 24.1. The number of nitrogens with one attached hydrogen (secondary N) is 1. The van der Waals surface area contributed by atoms with E-state index in [9.17, 15) is 26.4 Å². The van der Waals surface area contributed by atoms with E-state index >= 15 is 0 Å². The maximum absolute atomic E-state index is 14.6. The van der Waals surface area contributed by atoms with Gasteiger partial charge < -0.3 is 4.90 Å². The standard InChI is InChI=1S/C29H37Cl2N3O6S2/c1-5-23(18-33(3)42(39,40)24-13-14-24)34-27(19-9-11-21(30)12-10-19)25(20-7-6-8-22(31)15-20)16-29(2,28(34)36)17-26(35)32-41(4,37)38/h6-12,15,23-25,27H,5,13-14,16-18H2,1-4H3,(H,32,35)/t23?,25-,27?,29-/m1/s1. The molecule has 4 rings (SSSR count). The van der Waals surface area contributed by atoms with Gasteiger partial charge in [0.1, 0.15) is 0 Å². The number of hydrogen-bond acceptors (Lipinski definition) is 6. The van der Waals surface area contributed by atoms with E-state index in [0.717, 1.165) is 17.4 Å². The molecule has 2 unspecified atom stereocenters. The number of carbonyl (C=O) groups is 2. The largest absolute Gasteiger partial charge is 0.330 e. The van der Waals surface area contributed by atoms with E-state index in [0.29, 0.717) is 29.3 Å². The van der Waals surface area contributed by atoms with Crippen LogP contribution in [0.5, 0.6) is 0 Å². The van der Waals surface area contributed by atoms with Crippen LogP contribution in [0.15, 0.2) is 48.5 Å². The zero-order valence-corrected chi connectivity index (χ0v) is 27.2. The molecular weight excluding hydrogens is 621 g/mol. The number of likely N-dealkylation sites (N-methyl/N-ethyl adjacent to an activating group) is 1. The molecule has 2 aliphatic rings. The van der Waals surface area contributed by atoms with Crippen LogP contribution in [-0.4, -0.2) is 69.0 Å². The number of benzene rings is 2. The zero-order chi connectivity index (χ0) is 31.0. The molecule has 1 aliphatic carbocycles. The van der Waals surface area contributed by atoms with Gasteiger partial charge in [-0.15, -0.1) is 0 Å². The summed E-state index contributed by atoms with van der Waals surface area (Å²) in [6.07, 6.45) is 2.41. The third-order valence-electron chi connectivity index (χ3n) is 8.15. The van der Waals surface area contributed by atoms with Gasteiger partial charge in [-0.3, -0.25) is 14.3 Å². The van der Waals surface area contributed by atoms with Gasteiger partial charge in [0.15, 0.2) is 0 Å². The molecule has 4 atom stereocenters. The molecule has 0 spiro atoms. The van der Waals surface area contributed by atoms with Gasteiger partial charge in [-0.2, -0.15) is 0 Å². The third-order valence-corrected chi connectivity index (χ3v) is 11.6. The summed E-state index contributed by atoms with van der Waals surface area (Å²) in [7, 11) is -5.83. The van der Waals surface area contributed by atoms with Crippen molar-refractivity contribution in [1.82, 2.24) is 13.9 Å². The highest BCUT2D eigenvalue weighted by molar-refractivity contribution is 7.90. The minimum Gasteiger partial charge on any atom is -0.330 e. The molecule has 2 aromatic rings. The number of nitrogens with zero attached hydrogens (tertiary/aromatic N) is 2. The predicted molar refractivity (Wildman–Crippen MR) is 164 cm³/mol. The van der Waals surface area contributed by atoms with E-state index in [1.807, 2.05) is 42.0 Å². The Labute approximate surface area is 258 Å². The SMILES string of the molecule is CCC(CN(C)S(=O)(=O)C1CC1)N1C(=O)[C@@](C)(CC(=O)NS(C)(=O)=O)C[C@H](c2cccc(Cl)c2)C1c1ccc(Cl)cc1. The van der Waals surface area contributed by atoms with Crippen LogP contribution in [0.4, 0.5) is 0 Å². The van der Waals surface area contributed by atoms with Gasteiger partial charge in [0.25, 0.3) is 0 Å². The molecule has 2 fully saturated rings. The summed E-state index contributed by atoms with van der Waals surface area (Å²) < 4.78 is 53.2. The van der Waals surface area contributed by atoms with E-state index in [1.165, 1.54) is 11.4 Å². The van der Waals surface area contributed by atoms with Crippen molar-refractivity contribution in [2.45, 2.75) is 69.2 Å². The molecule has 1 N–H and O–H groups in total. The summed E-state index contributed by atoms with van der Waals surface area (Å²) in [5.41, 5.74) is 0.335. The van der Waals surface area contributed by atoms with Crippen molar-refractivity contribution in [2.75, 3.05) is 19.8 Å². The second-order valence-electron chi connectivity index (χ2n) is 11.7. The quantitative estimate of drug-likeness (QED) is 0.373. The number of piperidine rings is 1. The number of rotatable bonds is 11. The highest BCUT2D eigenvalue weighted by Gasteiger charge is 2.53. The van der Waals surface area contributed by atoms with Crippen LogP contribution in [-0.2, 0) is 29.6 Å². The van der Waals surface area contributed by atoms with E-state index in [1.54, 1.807) is 30.0 Å². The third kappa shape index (κ3) is 7.30. The molecule has 1 heterocycles. The van der Waals surface area contributed by atoms with Crippen LogP contribution < -0.4 is 4.72 Å². The first-order valence-electron chi connectivity index (χ1n) is 13.8. The molecule has 13 heteroatoms. The maximum atomic E-state index is 14.6. The molecule has 0 aromatic heterocycles. The fourth-order valence-corrected chi connectivity index (χ4v) is 8.41. The van der Waals surface area contributed by atoms with Crippen molar-refractivity contribution >= 4 is 55.1 Å². The molecule has 42 heavy (non-hydrogen) atoms. The minimum absolute atomic E-state index is 0.0685. The van der Waals surface area contributed by atoms with Crippen LogP contribution >= 0.6 is 23.2 Å². The summed E-state index contributed by atoms with van der Waals surface area (Å²) >= 11 is 12.6. The average molecular weight is 659 g/mol. The van der Waals surface area contributed by atoms with Crippen LogP contribution in [0, 0.1) is 5.41 Å². The fraction of sp³-hybridized carbons (Fsp3) is 0.517. The Morgan fingerprint density at radius 1 is 1.07 bits per heavy atom. The highest BCUT2D eigenvalue weighted by Crippen LogP contribution is 2.52. The van der Waals surface area contributed by atoms with Crippen molar-refractivity contribution in [1.29, 1.82) is 0 Å². The molecule has 2 aromatic carbocycles. The number of sulfonamides is 2. The number of hydrogen-bond donors (Lipinski definition) is 1. The molecule has 1 saturated heterocycles. The lowest BCUT2D eigenvalue weighted by Crippen LogP contribution is -2.58. The van der Waals surface area contributed by atoms with E-state index in [4.69, 9.17) is 23.2 Å². The number of amides is 2. The highest BCUT2D eigenvalue weighted by atomic mass is 35.5. The van der Waals surface area contributed by atoms with Crippen molar-refractivity contribution in [3.63, 3.8) is 0 Å². The second kappa shape index (κ2) is 12.4. The van der Waals surface area contributed by atoms with E-state index in [-0.39, 0.29) is 31.2 Å². The number of carbonyl (C=O) groups excluding carboxylic acids is 2. The van der Waals surface area contributed by atoms with Crippen molar-refractivity contribution in [2.24, 2.45) is 5.41 Å². The number of halogens is 2. The first kappa shape index (κ1) is 32.7. The van der Waals surface area contributed by atoms with Gasteiger partial charge >= 0.3 is 0 Å². The molecule has 9 nitrogen and oxygen atoms in total. The second-order valence-corrected chi connectivity index (χ2v) is 16.6. The van der Waals surface area contributed by atoms with E-state index in [2.05, 4.69) is 0 Å². The lowest BCUT2D eigenvalue weighted by Gasteiger charge is -2.52. The van der Waals surface area contributed by atoms with Gasteiger partial charge in [-0.25, -0.2) is 21.1 Å². The van der Waals surface area contributed by atoms with Crippen LogP contribution in [0.3, 0.4) is 0 Å². The molecule has 0 radical (unpaired) electrons.